The van der Waals surface area contributed by atoms with Gasteiger partial charge in [0.05, 0.1) is 31.8 Å². The van der Waals surface area contributed by atoms with E-state index in [1.165, 1.54) is 6.26 Å². The van der Waals surface area contributed by atoms with E-state index in [1.807, 2.05) is 13.0 Å². The number of rotatable bonds is 9. The van der Waals surface area contributed by atoms with Crippen LogP contribution in [0.3, 0.4) is 0 Å². The summed E-state index contributed by atoms with van der Waals surface area (Å²) in [5.41, 5.74) is 2.18. The maximum atomic E-state index is 11.8. The Kier molecular flexibility index (Phi) is 8.70. The van der Waals surface area contributed by atoms with Crippen molar-refractivity contribution in [2.75, 3.05) is 33.6 Å². The van der Waals surface area contributed by atoms with Crippen LogP contribution < -0.4 is 20.1 Å². The molecule has 8 nitrogen and oxygen atoms in total. The summed E-state index contributed by atoms with van der Waals surface area (Å²) in [4.78, 5) is 4.86. The summed E-state index contributed by atoms with van der Waals surface area (Å²) in [5.74, 6) is 1.73. The Morgan fingerprint density at radius 2 is 1.87 bits per heavy atom. The van der Waals surface area contributed by atoms with E-state index in [2.05, 4.69) is 15.6 Å². The molecule has 0 aromatic heterocycles. The minimum atomic E-state index is -3.25. The Morgan fingerprint density at radius 1 is 1.13 bits per heavy atom. The monoisotopic (exact) mass is 449 g/mol. The SMILES string of the molecule is CCNC(=NCc1ccc(S(C)(=O)=O)c(C)c1)NCC(O)c1cc(OC)ccc1OC. The van der Waals surface area contributed by atoms with Crippen LogP contribution in [0.25, 0.3) is 0 Å². The maximum Gasteiger partial charge on any atom is 0.191 e. The van der Waals surface area contributed by atoms with Gasteiger partial charge in [-0.1, -0.05) is 12.1 Å². The summed E-state index contributed by atoms with van der Waals surface area (Å²) in [6, 6.07) is 10.4. The predicted octanol–water partition coefficient (Wildman–Crippen LogP) is 2.20. The van der Waals surface area contributed by atoms with E-state index < -0.39 is 15.9 Å². The van der Waals surface area contributed by atoms with Crippen LogP contribution in [0.5, 0.6) is 11.5 Å². The molecule has 31 heavy (non-hydrogen) atoms. The lowest BCUT2D eigenvalue weighted by atomic mass is 10.1. The van der Waals surface area contributed by atoms with Gasteiger partial charge in [-0.2, -0.15) is 0 Å². The van der Waals surface area contributed by atoms with Crippen molar-refractivity contribution in [2.45, 2.75) is 31.4 Å². The van der Waals surface area contributed by atoms with E-state index in [-0.39, 0.29) is 6.54 Å². The van der Waals surface area contributed by atoms with Crippen molar-refractivity contribution < 1.29 is 23.0 Å². The summed E-state index contributed by atoms with van der Waals surface area (Å²) in [6.07, 6.45) is 0.355. The molecule has 2 aromatic carbocycles. The molecule has 0 saturated carbocycles. The second-order valence-corrected chi connectivity index (χ2v) is 9.06. The number of hydrogen-bond acceptors (Lipinski definition) is 6. The van der Waals surface area contributed by atoms with Gasteiger partial charge in [0.25, 0.3) is 0 Å². The number of benzene rings is 2. The van der Waals surface area contributed by atoms with Gasteiger partial charge in [-0.3, -0.25) is 0 Å². The van der Waals surface area contributed by atoms with Gasteiger partial charge in [-0.05, 0) is 49.2 Å². The fourth-order valence-electron chi connectivity index (χ4n) is 3.14. The number of guanidine groups is 1. The molecular formula is C22H31N3O5S. The van der Waals surface area contributed by atoms with Gasteiger partial charge in [0.2, 0.25) is 0 Å². The molecule has 2 aromatic rings. The molecule has 0 aliphatic rings. The van der Waals surface area contributed by atoms with Gasteiger partial charge < -0.3 is 25.2 Å². The van der Waals surface area contributed by atoms with E-state index in [9.17, 15) is 13.5 Å². The molecule has 170 valence electrons. The topological polar surface area (TPSA) is 109 Å². The number of nitrogens with one attached hydrogen (secondary N) is 2. The van der Waals surface area contributed by atoms with Crippen LogP contribution in [0.4, 0.5) is 0 Å². The molecule has 0 amide bonds. The first-order valence-electron chi connectivity index (χ1n) is 9.91. The average molecular weight is 450 g/mol. The molecule has 0 aliphatic carbocycles. The lowest BCUT2D eigenvalue weighted by molar-refractivity contribution is 0.176. The van der Waals surface area contributed by atoms with Crippen LogP contribution in [0.1, 0.15) is 29.7 Å². The van der Waals surface area contributed by atoms with Crippen molar-refractivity contribution in [3.8, 4) is 11.5 Å². The molecule has 0 aliphatic heterocycles. The summed E-state index contributed by atoms with van der Waals surface area (Å²) in [7, 11) is -0.138. The van der Waals surface area contributed by atoms with Gasteiger partial charge in [-0.25, -0.2) is 13.4 Å². The van der Waals surface area contributed by atoms with Crippen LogP contribution in [0.2, 0.25) is 0 Å². The summed E-state index contributed by atoms with van der Waals surface area (Å²) < 4.78 is 34.1. The van der Waals surface area contributed by atoms with E-state index in [1.54, 1.807) is 51.5 Å². The van der Waals surface area contributed by atoms with Crippen molar-refractivity contribution in [3.63, 3.8) is 0 Å². The van der Waals surface area contributed by atoms with Crippen molar-refractivity contribution in [1.29, 1.82) is 0 Å². The van der Waals surface area contributed by atoms with Gasteiger partial charge in [-0.15, -0.1) is 0 Å². The molecule has 0 bridgehead atoms. The Bertz CT molecular complexity index is 1020. The number of hydrogen-bond donors (Lipinski definition) is 3. The zero-order valence-electron chi connectivity index (χ0n) is 18.6. The molecule has 0 fully saturated rings. The first-order valence-corrected chi connectivity index (χ1v) is 11.8. The minimum Gasteiger partial charge on any atom is -0.497 e. The van der Waals surface area contributed by atoms with Gasteiger partial charge in [0.15, 0.2) is 15.8 Å². The van der Waals surface area contributed by atoms with E-state index in [0.29, 0.717) is 46.6 Å². The maximum absolute atomic E-state index is 11.8. The standard InChI is InChI=1S/C22H31N3O5S/c1-6-23-22(24-13-16-7-10-21(15(2)11-16)31(5,27)28)25-14-19(26)18-12-17(29-3)8-9-20(18)30-4/h7-12,19,26H,6,13-14H2,1-5H3,(H2,23,24,25). The quantitative estimate of drug-likeness (QED) is 0.398. The third-order valence-electron chi connectivity index (χ3n) is 4.66. The van der Waals surface area contributed by atoms with Crippen LogP contribution in [0.15, 0.2) is 46.3 Å². The van der Waals surface area contributed by atoms with Crippen molar-refractivity contribution in [3.05, 3.63) is 53.1 Å². The number of ether oxygens (including phenoxy) is 2. The number of aliphatic hydroxyl groups excluding tert-OH is 1. The Hall–Kier alpha value is -2.78. The number of sulfone groups is 1. The van der Waals surface area contributed by atoms with Crippen LogP contribution in [-0.4, -0.2) is 53.0 Å². The lowest BCUT2D eigenvalue weighted by Crippen LogP contribution is -2.39. The molecule has 9 heteroatoms. The Morgan fingerprint density at radius 3 is 2.45 bits per heavy atom. The summed E-state index contributed by atoms with van der Waals surface area (Å²) in [6.45, 7) is 4.94. The molecule has 0 saturated heterocycles. The number of aliphatic hydroxyl groups is 1. The van der Waals surface area contributed by atoms with E-state index >= 15 is 0 Å². The molecule has 0 radical (unpaired) electrons. The second kappa shape index (κ2) is 11.0. The van der Waals surface area contributed by atoms with Gasteiger partial charge in [0, 0.05) is 24.9 Å². The number of aryl methyl sites for hydroxylation is 1. The molecule has 1 atom stereocenters. The zero-order valence-corrected chi connectivity index (χ0v) is 19.4. The fourth-order valence-corrected chi connectivity index (χ4v) is 4.10. The third-order valence-corrected chi connectivity index (χ3v) is 5.92. The highest BCUT2D eigenvalue weighted by atomic mass is 32.2. The van der Waals surface area contributed by atoms with Crippen LogP contribution in [-0.2, 0) is 16.4 Å². The summed E-state index contributed by atoms with van der Waals surface area (Å²) >= 11 is 0. The summed E-state index contributed by atoms with van der Waals surface area (Å²) in [5, 5.41) is 16.9. The molecule has 0 heterocycles. The smallest absolute Gasteiger partial charge is 0.191 e. The van der Waals surface area contributed by atoms with Crippen molar-refractivity contribution >= 4 is 15.8 Å². The van der Waals surface area contributed by atoms with Crippen molar-refractivity contribution in [2.24, 2.45) is 4.99 Å². The normalized spacial score (nSPS) is 12.9. The number of methoxy groups -OCH3 is 2. The minimum absolute atomic E-state index is 0.210. The molecule has 0 spiro atoms. The van der Waals surface area contributed by atoms with Gasteiger partial charge >= 0.3 is 0 Å². The molecule has 3 N–H and O–H groups in total. The Labute approximate surface area is 184 Å². The fraction of sp³-hybridized carbons (Fsp3) is 0.409. The van der Waals surface area contributed by atoms with Crippen LogP contribution in [0, 0.1) is 6.92 Å². The van der Waals surface area contributed by atoms with Crippen molar-refractivity contribution in [1.82, 2.24) is 10.6 Å². The van der Waals surface area contributed by atoms with Gasteiger partial charge in [0.1, 0.15) is 11.5 Å². The van der Waals surface area contributed by atoms with Crippen LogP contribution >= 0.6 is 0 Å². The molecular weight excluding hydrogens is 418 g/mol. The third kappa shape index (κ3) is 6.86. The van der Waals surface area contributed by atoms with E-state index in [0.717, 1.165) is 5.56 Å². The zero-order chi connectivity index (χ0) is 23.0. The van der Waals surface area contributed by atoms with E-state index in [4.69, 9.17) is 9.47 Å². The highest BCUT2D eigenvalue weighted by Gasteiger charge is 2.15. The Balaban J connectivity index is 2.11. The first kappa shape index (κ1) is 24.5. The highest BCUT2D eigenvalue weighted by molar-refractivity contribution is 7.90. The average Bonchev–Trinajstić information content (AvgIpc) is 2.74. The number of nitrogens with zero attached hydrogens (tertiary/aromatic N) is 1. The second-order valence-electron chi connectivity index (χ2n) is 7.07. The highest BCUT2D eigenvalue weighted by Crippen LogP contribution is 2.29. The predicted molar refractivity (Wildman–Crippen MR) is 122 cm³/mol. The molecule has 2 rings (SSSR count). The lowest BCUT2D eigenvalue weighted by Gasteiger charge is -2.18. The molecule has 1 unspecified atom stereocenters. The number of aliphatic imine (C=N–C) groups is 1. The first-order chi connectivity index (χ1) is 14.7. The largest absolute Gasteiger partial charge is 0.497 e.